The molecule has 0 spiro atoms. The molecule has 0 amide bonds. The van der Waals surface area contributed by atoms with Crippen LogP contribution in [0.3, 0.4) is 0 Å². The van der Waals surface area contributed by atoms with Crippen LogP contribution in [0.4, 0.5) is 13.2 Å². The van der Waals surface area contributed by atoms with Crippen molar-refractivity contribution in [2.24, 2.45) is 0 Å². The molecule has 2 unspecified atom stereocenters. The Morgan fingerprint density at radius 2 is 2.11 bits per heavy atom. The third kappa shape index (κ3) is 3.61. The third-order valence-corrected chi connectivity index (χ3v) is 2.91. The van der Waals surface area contributed by atoms with Crippen molar-refractivity contribution >= 4 is 0 Å². The Kier molecular flexibility index (Phi) is 4.31. The van der Waals surface area contributed by atoms with Gasteiger partial charge in [0.05, 0.1) is 6.04 Å². The van der Waals surface area contributed by atoms with Crippen LogP contribution in [0.25, 0.3) is 0 Å². The van der Waals surface area contributed by atoms with E-state index in [4.69, 9.17) is 9.47 Å². The third-order valence-electron chi connectivity index (χ3n) is 2.91. The smallest absolute Gasteiger partial charge is 0.411 e. The lowest BCUT2D eigenvalue weighted by molar-refractivity contribution is -0.192. The van der Waals surface area contributed by atoms with Crippen LogP contribution in [0.2, 0.25) is 0 Å². The molecule has 0 bridgehead atoms. The van der Waals surface area contributed by atoms with Gasteiger partial charge in [-0.25, -0.2) is 0 Å². The van der Waals surface area contributed by atoms with Crippen molar-refractivity contribution in [3.63, 3.8) is 0 Å². The summed E-state index contributed by atoms with van der Waals surface area (Å²) in [7, 11) is 0. The van der Waals surface area contributed by atoms with E-state index in [0.717, 1.165) is 5.56 Å². The van der Waals surface area contributed by atoms with Crippen molar-refractivity contribution in [1.29, 1.82) is 0 Å². The van der Waals surface area contributed by atoms with Crippen molar-refractivity contribution in [2.45, 2.75) is 25.2 Å². The fourth-order valence-electron chi connectivity index (χ4n) is 2.14. The molecule has 1 heterocycles. The van der Waals surface area contributed by atoms with Crippen molar-refractivity contribution in [2.75, 3.05) is 19.8 Å². The van der Waals surface area contributed by atoms with Gasteiger partial charge in [-0.05, 0) is 12.6 Å². The van der Waals surface area contributed by atoms with E-state index >= 15 is 0 Å². The Morgan fingerprint density at radius 1 is 1.37 bits per heavy atom. The second-order valence-electron chi connectivity index (χ2n) is 4.35. The second kappa shape index (κ2) is 5.79. The summed E-state index contributed by atoms with van der Waals surface area (Å²) >= 11 is 0. The Balaban J connectivity index is 2.12. The Hall–Kier alpha value is -1.27. The molecule has 0 aromatic heterocycles. The number of ether oxygens (including phenoxy) is 2. The minimum Gasteiger partial charge on any atom is -0.490 e. The molecule has 6 heteroatoms. The lowest BCUT2D eigenvalue weighted by Crippen LogP contribution is -2.42. The van der Waals surface area contributed by atoms with Gasteiger partial charge in [0.2, 0.25) is 0 Å². The second-order valence-corrected chi connectivity index (χ2v) is 4.35. The molecule has 0 aliphatic carbocycles. The van der Waals surface area contributed by atoms with E-state index in [1.807, 2.05) is 25.1 Å². The van der Waals surface area contributed by atoms with Gasteiger partial charge >= 0.3 is 6.18 Å². The van der Waals surface area contributed by atoms with Gasteiger partial charge in [-0.1, -0.05) is 25.1 Å². The number of rotatable bonds is 4. The zero-order chi connectivity index (χ0) is 13.9. The molecule has 0 radical (unpaired) electrons. The average molecular weight is 275 g/mol. The maximum Gasteiger partial charge on any atom is 0.411 e. The van der Waals surface area contributed by atoms with Crippen LogP contribution < -0.4 is 10.1 Å². The highest BCUT2D eigenvalue weighted by molar-refractivity contribution is 5.38. The van der Waals surface area contributed by atoms with E-state index in [2.05, 4.69) is 5.32 Å². The van der Waals surface area contributed by atoms with Crippen LogP contribution in [0.15, 0.2) is 24.3 Å². The van der Waals surface area contributed by atoms with Gasteiger partial charge in [0.15, 0.2) is 0 Å². The lowest BCUT2D eigenvalue weighted by Gasteiger charge is -2.34. The molecular weight excluding hydrogens is 259 g/mol. The van der Waals surface area contributed by atoms with E-state index in [-0.39, 0.29) is 12.6 Å². The zero-order valence-corrected chi connectivity index (χ0v) is 10.5. The molecule has 2 atom stereocenters. The summed E-state index contributed by atoms with van der Waals surface area (Å²) in [5, 5.41) is 3.15. The largest absolute Gasteiger partial charge is 0.490 e. The Labute approximate surface area is 109 Å². The fraction of sp³-hybridized carbons (Fsp3) is 0.538. The minimum atomic E-state index is -4.33. The highest BCUT2D eigenvalue weighted by atomic mass is 19.4. The molecule has 1 aromatic rings. The molecule has 0 fully saturated rings. The SMILES string of the molecule is CCNC1c2ccccc2OCC1OCC(F)(F)F. The number of para-hydroxylation sites is 1. The Bertz CT molecular complexity index is 423. The highest BCUT2D eigenvalue weighted by Crippen LogP contribution is 2.33. The van der Waals surface area contributed by atoms with Gasteiger partial charge in [0.25, 0.3) is 0 Å². The first-order valence-corrected chi connectivity index (χ1v) is 6.14. The topological polar surface area (TPSA) is 30.5 Å². The van der Waals surface area contributed by atoms with Gasteiger partial charge in [-0.2, -0.15) is 13.2 Å². The summed E-state index contributed by atoms with van der Waals surface area (Å²) < 4.78 is 47.1. The number of alkyl halides is 3. The van der Waals surface area contributed by atoms with Gasteiger partial charge in [-0.3, -0.25) is 0 Å². The first kappa shape index (κ1) is 14.1. The molecule has 19 heavy (non-hydrogen) atoms. The van der Waals surface area contributed by atoms with Crippen LogP contribution in [0, 0.1) is 0 Å². The number of hydrogen-bond donors (Lipinski definition) is 1. The summed E-state index contributed by atoms with van der Waals surface area (Å²) in [6, 6.07) is 7.03. The first-order valence-electron chi connectivity index (χ1n) is 6.14. The van der Waals surface area contributed by atoms with Crippen LogP contribution >= 0.6 is 0 Å². The predicted octanol–water partition coefficient (Wildman–Crippen LogP) is 2.68. The summed E-state index contributed by atoms with van der Waals surface area (Å²) in [5.74, 6) is 0.695. The number of fused-ring (bicyclic) bond motifs is 1. The van der Waals surface area contributed by atoms with Crippen molar-refractivity contribution in [3.8, 4) is 5.75 Å². The maximum absolute atomic E-state index is 12.2. The summed E-state index contributed by atoms with van der Waals surface area (Å²) in [4.78, 5) is 0. The standard InChI is InChI=1S/C13H16F3NO2/c1-2-17-12-9-5-3-4-6-10(9)18-7-11(12)19-8-13(14,15)16/h3-6,11-12,17H,2,7-8H2,1H3. The monoisotopic (exact) mass is 275 g/mol. The number of nitrogens with one attached hydrogen (secondary N) is 1. The number of benzene rings is 1. The highest BCUT2D eigenvalue weighted by Gasteiger charge is 2.35. The Morgan fingerprint density at radius 3 is 2.79 bits per heavy atom. The van der Waals surface area contributed by atoms with E-state index < -0.39 is 18.9 Å². The van der Waals surface area contributed by atoms with E-state index in [1.54, 1.807) is 6.07 Å². The summed E-state index contributed by atoms with van der Waals surface area (Å²) in [5.41, 5.74) is 0.836. The molecular formula is C13H16F3NO2. The van der Waals surface area contributed by atoms with Gasteiger partial charge in [0, 0.05) is 5.56 Å². The summed E-state index contributed by atoms with van der Waals surface area (Å²) in [6.45, 7) is 1.40. The van der Waals surface area contributed by atoms with Crippen molar-refractivity contribution in [3.05, 3.63) is 29.8 Å². The maximum atomic E-state index is 12.2. The van der Waals surface area contributed by atoms with Crippen LogP contribution in [0.5, 0.6) is 5.75 Å². The number of likely N-dealkylation sites (N-methyl/N-ethyl adjacent to an activating group) is 1. The van der Waals surface area contributed by atoms with Gasteiger partial charge in [-0.15, -0.1) is 0 Å². The molecule has 0 saturated heterocycles. The molecule has 2 rings (SSSR count). The van der Waals surface area contributed by atoms with Crippen LogP contribution in [0.1, 0.15) is 18.5 Å². The quantitative estimate of drug-likeness (QED) is 0.916. The zero-order valence-electron chi connectivity index (χ0n) is 10.5. The van der Waals surface area contributed by atoms with E-state index in [9.17, 15) is 13.2 Å². The molecule has 1 aromatic carbocycles. The molecule has 1 aliphatic heterocycles. The van der Waals surface area contributed by atoms with Gasteiger partial charge < -0.3 is 14.8 Å². The number of halogens is 3. The number of hydrogen-bond acceptors (Lipinski definition) is 3. The predicted molar refractivity (Wildman–Crippen MR) is 64.1 cm³/mol. The van der Waals surface area contributed by atoms with E-state index in [1.165, 1.54) is 0 Å². The van der Waals surface area contributed by atoms with Crippen LogP contribution in [-0.2, 0) is 4.74 Å². The normalized spacial score (nSPS) is 22.7. The lowest BCUT2D eigenvalue weighted by atomic mass is 9.98. The summed E-state index contributed by atoms with van der Waals surface area (Å²) in [6.07, 6.45) is -4.97. The minimum absolute atomic E-state index is 0.116. The first-order chi connectivity index (χ1) is 9.01. The molecule has 1 N–H and O–H groups in total. The van der Waals surface area contributed by atoms with Gasteiger partial charge in [0.1, 0.15) is 25.1 Å². The molecule has 3 nitrogen and oxygen atoms in total. The van der Waals surface area contributed by atoms with Crippen molar-refractivity contribution in [1.82, 2.24) is 5.32 Å². The molecule has 106 valence electrons. The fourth-order valence-corrected chi connectivity index (χ4v) is 2.14. The average Bonchev–Trinajstić information content (AvgIpc) is 2.37. The van der Waals surface area contributed by atoms with Crippen molar-refractivity contribution < 1.29 is 22.6 Å². The van der Waals surface area contributed by atoms with Crippen LogP contribution in [-0.4, -0.2) is 32.0 Å². The molecule has 1 aliphatic rings. The van der Waals surface area contributed by atoms with E-state index in [0.29, 0.717) is 12.3 Å². The molecule has 0 saturated carbocycles.